The molecule has 1 saturated carbocycles. The summed E-state index contributed by atoms with van der Waals surface area (Å²) >= 11 is 0. The van der Waals surface area contributed by atoms with Crippen molar-refractivity contribution in [2.75, 3.05) is 38.0 Å². The molecule has 0 spiro atoms. The number of hydrogen-bond donors (Lipinski definition) is 1. The van der Waals surface area contributed by atoms with Gasteiger partial charge in [0.25, 0.3) is 0 Å². The van der Waals surface area contributed by atoms with Crippen molar-refractivity contribution in [1.29, 1.82) is 0 Å². The van der Waals surface area contributed by atoms with Gasteiger partial charge >= 0.3 is 0 Å². The van der Waals surface area contributed by atoms with Gasteiger partial charge in [-0.3, -0.25) is 9.78 Å². The minimum atomic E-state index is 0.149. The molecule has 5 rings (SSSR count). The molecule has 0 saturated heterocycles. The number of aromatic nitrogens is 1. The van der Waals surface area contributed by atoms with E-state index >= 15 is 0 Å². The van der Waals surface area contributed by atoms with Crippen LogP contribution in [0.3, 0.4) is 0 Å². The lowest BCUT2D eigenvalue weighted by Crippen LogP contribution is -2.18. The number of allylic oxidation sites excluding steroid dienone is 2. The molecule has 3 heterocycles. The second-order valence-corrected chi connectivity index (χ2v) is 13.0. The lowest BCUT2D eigenvalue weighted by molar-refractivity contribution is -0.492. The van der Waals surface area contributed by atoms with E-state index in [0.29, 0.717) is 12.0 Å². The zero-order valence-electron chi connectivity index (χ0n) is 31.3. The van der Waals surface area contributed by atoms with Gasteiger partial charge < -0.3 is 15.0 Å². The molecule has 3 aliphatic rings. The van der Waals surface area contributed by atoms with E-state index in [1.165, 1.54) is 75.5 Å². The Kier molecular flexibility index (Phi) is 18.8. The Hall–Kier alpha value is -3.41. The first kappa shape index (κ1) is 39.8. The van der Waals surface area contributed by atoms with E-state index in [4.69, 9.17) is 4.74 Å². The molecule has 6 heteroatoms. The molecular formula is C41H65N4O2+. The zero-order valence-corrected chi connectivity index (χ0v) is 31.3. The number of rotatable bonds is 10. The van der Waals surface area contributed by atoms with Gasteiger partial charge in [-0.05, 0) is 62.6 Å². The average Bonchev–Trinajstić information content (AvgIpc) is 3.76. The molecule has 2 aliphatic heterocycles. The Morgan fingerprint density at radius 3 is 2.19 bits per heavy atom. The summed E-state index contributed by atoms with van der Waals surface area (Å²) in [4.78, 5) is 19.8. The third-order valence-electron chi connectivity index (χ3n) is 8.68. The Balaban J connectivity index is 0.000000457. The van der Waals surface area contributed by atoms with Gasteiger partial charge in [0.05, 0.1) is 30.6 Å². The average molecular weight is 646 g/mol. The van der Waals surface area contributed by atoms with E-state index in [9.17, 15) is 4.79 Å². The van der Waals surface area contributed by atoms with Gasteiger partial charge in [0.15, 0.2) is 12.0 Å². The van der Waals surface area contributed by atoms with Crippen LogP contribution in [0.4, 0.5) is 11.4 Å². The van der Waals surface area contributed by atoms with Gasteiger partial charge in [0.1, 0.15) is 30.7 Å². The molecule has 1 N–H and O–H groups in total. The lowest BCUT2D eigenvalue weighted by Gasteiger charge is -2.15. The number of fused-ring (bicyclic) bond motifs is 1. The van der Waals surface area contributed by atoms with E-state index in [2.05, 4.69) is 91.9 Å². The van der Waals surface area contributed by atoms with Crippen molar-refractivity contribution in [3.63, 3.8) is 0 Å². The first-order valence-corrected chi connectivity index (χ1v) is 18.3. The van der Waals surface area contributed by atoms with Gasteiger partial charge in [-0.2, -0.15) is 0 Å². The van der Waals surface area contributed by atoms with Crippen LogP contribution in [0.15, 0.2) is 48.0 Å². The zero-order chi connectivity index (χ0) is 34.6. The SMILES string of the molecule is C1CCCC1.CCCC.CCCCC.COC1=C(c2cc(C(=O)CCC/C=C3/Nc4ccc(C)cc4N3C)cc(C)n2)C=[N+](C)CC1. The molecule has 2 aromatic rings. The Labute approximate surface area is 287 Å². The van der Waals surface area contributed by atoms with Crippen molar-refractivity contribution in [2.24, 2.45) is 0 Å². The van der Waals surface area contributed by atoms with Gasteiger partial charge in [-0.15, -0.1) is 0 Å². The smallest absolute Gasteiger partial charge is 0.176 e. The van der Waals surface area contributed by atoms with Crippen LogP contribution in [0.25, 0.3) is 5.57 Å². The number of aryl methyl sites for hydroxylation is 2. The summed E-state index contributed by atoms with van der Waals surface area (Å²) < 4.78 is 7.72. The fraction of sp³-hybridized carbons (Fsp3) is 0.585. The molecule has 0 amide bonds. The number of ether oxygens (including phenoxy) is 1. The van der Waals surface area contributed by atoms with Crippen LogP contribution in [-0.4, -0.2) is 49.3 Å². The topological polar surface area (TPSA) is 57.5 Å². The number of carbonyl (C=O) groups is 1. The van der Waals surface area contributed by atoms with E-state index in [-0.39, 0.29) is 5.78 Å². The number of unbranched alkanes of at least 4 members (excludes halogenated alkanes) is 4. The maximum absolute atomic E-state index is 13.0. The summed E-state index contributed by atoms with van der Waals surface area (Å²) in [6.07, 6.45) is 21.4. The number of nitrogens with zero attached hydrogens (tertiary/aromatic N) is 3. The summed E-state index contributed by atoms with van der Waals surface area (Å²) in [7, 11) is 5.81. The number of nitrogens with one attached hydrogen (secondary N) is 1. The lowest BCUT2D eigenvalue weighted by atomic mass is 10.0. The fourth-order valence-electron chi connectivity index (χ4n) is 5.61. The first-order chi connectivity index (χ1) is 22.7. The summed E-state index contributed by atoms with van der Waals surface area (Å²) in [5, 5.41) is 3.47. The molecule has 260 valence electrons. The monoisotopic (exact) mass is 646 g/mol. The number of methoxy groups -OCH3 is 1. The number of Topliss-reactive ketones (excluding diaryl/α,β-unsaturated/α-hetero) is 1. The van der Waals surface area contributed by atoms with Gasteiger partial charge in [-0.25, -0.2) is 4.58 Å². The van der Waals surface area contributed by atoms with E-state index in [1.54, 1.807) is 7.11 Å². The Morgan fingerprint density at radius 2 is 1.62 bits per heavy atom. The Bertz CT molecular complexity index is 1330. The molecule has 1 aromatic carbocycles. The van der Waals surface area contributed by atoms with Crippen LogP contribution in [0, 0.1) is 13.8 Å². The second-order valence-electron chi connectivity index (χ2n) is 13.0. The standard InChI is InChI=1S/C27H33N4O2.C5H10.C5H12.C4H10/c1-18-10-11-22-24(14-18)31(4)27(29-22)9-7-6-8-25(32)20-15-19(2)28-23(16-20)21-17-30(3)13-12-26(21)33-5;1-2-4-5-3-1;1-3-5-4-2;1-3-4-2/h9-11,14-17,29H,6-8,12-13H2,1-5H3;1-5H2;3-5H2,1-2H3;3-4H2,1-2H3/q+1;;;/b27-9-;;;. The molecule has 0 unspecified atom stereocenters. The van der Waals surface area contributed by atoms with Crippen molar-refractivity contribution >= 4 is 28.9 Å². The van der Waals surface area contributed by atoms with E-state index in [1.807, 2.05) is 26.1 Å². The maximum Gasteiger partial charge on any atom is 0.176 e. The molecule has 0 radical (unpaired) electrons. The summed E-state index contributed by atoms with van der Waals surface area (Å²) in [5.74, 6) is 2.14. The number of anilines is 2. The van der Waals surface area contributed by atoms with Crippen molar-refractivity contribution < 1.29 is 14.1 Å². The number of carbonyl (C=O) groups excluding carboxylic acids is 1. The molecule has 0 atom stereocenters. The van der Waals surface area contributed by atoms with Crippen molar-refractivity contribution in [1.82, 2.24) is 4.98 Å². The molecule has 1 fully saturated rings. The fourth-order valence-corrected chi connectivity index (χ4v) is 5.61. The highest BCUT2D eigenvalue weighted by molar-refractivity contribution is 6.08. The van der Waals surface area contributed by atoms with Crippen LogP contribution in [0.1, 0.15) is 145 Å². The molecule has 6 nitrogen and oxygen atoms in total. The van der Waals surface area contributed by atoms with Crippen LogP contribution in [-0.2, 0) is 4.74 Å². The van der Waals surface area contributed by atoms with Crippen LogP contribution < -0.4 is 10.2 Å². The van der Waals surface area contributed by atoms with Crippen LogP contribution >= 0.6 is 0 Å². The molecular weight excluding hydrogens is 580 g/mol. The van der Waals surface area contributed by atoms with E-state index < -0.39 is 0 Å². The van der Waals surface area contributed by atoms with E-state index in [0.717, 1.165) is 60.0 Å². The molecule has 1 aromatic heterocycles. The molecule has 47 heavy (non-hydrogen) atoms. The van der Waals surface area contributed by atoms with Gasteiger partial charge in [0, 0.05) is 24.7 Å². The van der Waals surface area contributed by atoms with Crippen molar-refractivity contribution in [3.05, 3.63) is 70.5 Å². The number of ketones is 1. The minimum absolute atomic E-state index is 0.149. The first-order valence-electron chi connectivity index (χ1n) is 18.3. The summed E-state index contributed by atoms with van der Waals surface area (Å²) in [6.45, 7) is 13.7. The van der Waals surface area contributed by atoms with Gasteiger partial charge in [0.2, 0.25) is 0 Å². The highest BCUT2D eigenvalue weighted by atomic mass is 16.5. The minimum Gasteiger partial charge on any atom is -0.500 e. The number of pyridine rings is 1. The van der Waals surface area contributed by atoms with Crippen molar-refractivity contribution in [2.45, 2.75) is 131 Å². The second kappa shape index (κ2) is 22.2. The van der Waals surface area contributed by atoms with Crippen molar-refractivity contribution in [3.8, 4) is 0 Å². The molecule has 0 bridgehead atoms. The summed E-state index contributed by atoms with van der Waals surface area (Å²) in [5.41, 5.74) is 6.87. The predicted molar refractivity (Wildman–Crippen MR) is 203 cm³/mol. The Morgan fingerprint density at radius 1 is 0.957 bits per heavy atom. The van der Waals surface area contributed by atoms with Crippen LogP contribution in [0.5, 0.6) is 0 Å². The third kappa shape index (κ3) is 13.7. The summed E-state index contributed by atoms with van der Waals surface area (Å²) in [6, 6.07) is 10.2. The normalized spacial score (nSPS) is 15.7. The number of hydrogen-bond acceptors (Lipinski definition) is 5. The largest absolute Gasteiger partial charge is 0.500 e. The molecule has 1 aliphatic carbocycles. The highest BCUT2D eigenvalue weighted by Gasteiger charge is 2.22. The van der Waals surface area contributed by atoms with Gasteiger partial charge in [-0.1, -0.05) is 98.0 Å². The maximum atomic E-state index is 13.0. The third-order valence-corrected chi connectivity index (χ3v) is 8.68. The predicted octanol–water partition coefficient (Wildman–Crippen LogP) is 10.9. The highest BCUT2D eigenvalue weighted by Crippen LogP contribution is 2.36. The van der Waals surface area contributed by atoms with Crippen LogP contribution in [0.2, 0.25) is 0 Å². The number of benzene rings is 1. The quantitative estimate of drug-likeness (QED) is 0.158.